The van der Waals surface area contributed by atoms with E-state index in [1.807, 2.05) is 0 Å². The summed E-state index contributed by atoms with van der Waals surface area (Å²) in [5, 5.41) is 6.97. The highest BCUT2D eigenvalue weighted by molar-refractivity contribution is 5.97. The van der Waals surface area contributed by atoms with Crippen molar-refractivity contribution in [1.29, 1.82) is 0 Å². The molecule has 20 heavy (non-hydrogen) atoms. The average molecular weight is 275 g/mol. The summed E-state index contributed by atoms with van der Waals surface area (Å²) in [6.07, 6.45) is 2.19. The number of aromatic amines is 1. The van der Waals surface area contributed by atoms with Crippen LogP contribution < -0.4 is 10.6 Å². The van der Waals surface area contributed by atoms with Gasteiger partial charge in [-0.1, -0.05) is 0 Å². The van der Waals surface area contributed by atoms with Gasteiger partial charge < -0.3 is 15.6 Å². The number of fused-ring (bicyclic) bond motifs is 1. The monoisotopic (exact) mass is 275 g/mol. The molecule has 0 bridgehead atoms. The predicted octanol–water partition coefficient (Wildman–Crippen LogP) is 2.04. The molecule has 0 saturated carbocycles. The molecule has 0 radical (unpaired) electrons. The van der Waals surface area contributed by atoms with Gasteiger partial charge in [0.15, 0.2) is 0 Å². The van der Waals surface area contributed by atoms with Crippen LogP contribution in [0.2, 0.25) is 0 Å². The third-order valence-corrected chi connectivity index (χ3v) is 3.84. The summed E-state index contributed by atoms with van der Waals surface area (Å²) in [7, 11) is 0. The van der Waals surface area contributed by atoms with E-state index >= 15 is 0 Å². The Morgan fingerprint density at radius 2 is 2.10 bits per heavy atom. The molecular formula is C15H18FN3O. The Labute approximate surface area is 116 Å². The van der Waals surface area contributed by atoms with Gasteiger partial charge in [0.25, 0.3) is 5.91 Å². The first-order chi connectivity index (χ1) is 9.72. The summed E-state index contributed by atoms with van der Waals surface area (Å²) in [5.74, 6) is 0.125. The molecule has 3 N–H and O–H groups in total. The number of hydrogen-bond acceptors (Lipinski definition) is 2. The number of carbonyl (C=O) groups is 1. The van der Waals surface area contributed by atoms with Gasteiger partial charge in [0.1, 0.15) is 11.5 Å². The van der Waals surface area contributed by atoms with E-state index in [4.69, 9.17) is 0 Å². The number of piperidine rings is 1. The van der Waals surface area contributed by atoms with Gasteiger partial charge in [-0.3, -0.25) is 4.79 Å². The van der Waals surface area contributed by atoms with Gasteiger partial charge in [0.2, 0.25) is 0 Å². The van der Waals surface area contributed by atoms with Crippen LogP contribution in [0.25, 0.3) is 10.9 Å². The fraction of sp³-hybridized carbons (Fsp3) is 0.400. The molecule has 1 aliphatic heterocycles. The fourth-order valence-electron chi connectivity index (χ4n) is 2.64. The molecule has 0 spiro atoms. The van der Waals surface area contributed by atoms with Gasteiger partial charge in [-0.15, -0.1) is 0 Å². The van der Waals surface area contributed by atoms with Gasteiger partial charge in [-0.2, -0.15) is 0 Å². The second-order valence-electron chi connectivity index (χ2n) is 5.32. The lowest BCUT2D eigenvalue weighted by molar-refractivity contribution is 0.0940. The summed E-state index contributed by atoms with van der Waals surface area (Å²) < 4.78 is 13.1. The largest absolute Gasteiger partial charge is 0.351 e. The minimum Gasteiger partial charge on any atom is -0.351 e. The number of rotatable bonds is 3. The molecule has 1 amide bonds. The van der Waals surface area contributed by atoms with E-state index in [-0.39, 0.29) is 11.7 Å². The van der Waals surface area contributed by atoms with Crippen molar-refractivity contribution >= 4 is 16.8 Å². The number of halogens is 1. The minimum atomic E-state index is -0.293. The summed E-state index contributed by atoms with van der Waals surface area (Å²) in [6.45, 7) is 2.74. The van der Waals surface area contributed by atoms with Crippen LogP contribution in [0.1, 0.15) is 23.3 Å². The molecule has 0 aliphatic carbocycles. The van der Waals surface area contributed by atoms with E-state index in [9.17, 15) is 9.18 Å². The van der Waals surface area contributed by atoms with E-state index in [2.05, 4.69) is 15.6 Å². The van der Waals surface area contributed by atoms with Crippen molar-refractivity contribution in [2.45, 2.75) is 12.8 Å². The number of hydrogen-bond donors (Lipinski definition) is 3. The maximum atomic E-state index is 13.1. The number of amides is 1. The molecule has 1 aromatic carbocycles. The lowest BCUT2D eigenvalue weighted by atomic mass is 9.98. The van der Waals surface area contributed by atoms with E-state index in [0.717, 1.165) is 36.8 Å². The lowest BCUT2D eigenvalue weighted by Gasteiger charge is -2.22. The van der Waals surface area contributed by atoms with E-state index in [1.165, 1.54) is 12.1 Å². The SMILES string of the molecule is O=C(NCC1CCNCC1)c1cc2cc(F)ccc2[nH]1. The Kier molecular flexibility index (Phi) is 3.69. The van der Waals surface area contributed by atoms with Gasteiger partial charge in [-0.25, -0.2) is 4.39 Å². The minimum absolute atomic E-state index is 0.125. The van der Waals surface area contributed by atoms with Crippen molar-refractivity contribution in [3.8, 4) is 0 Å². The smallest absolute Gasteiger partial charge is 0.267 e. The molecular weight excluding hydrogens is 257 g/mol. The van der Waals surface area contributed by atoms with Gasteiger partial charge >= 0.3 is 0 Å². The van der Waals surface area contributed by atoms with Crippen LogP contribution in [0.3, 0.4) is 0 Å². The molecule has 106 valence electrons. The van der Waals surface area contributed by atoms with Crippen LogP contribution in [-0.2, 0) is 0 Å². The third kappa shape index (κ3) is 2.82. The first-order valence-electron chi connectivity index (χ1n) is 6.99. The zero-order chi connectivity index (χ0) is 13.9. The van der Waals surface area contributed by atoms with Crippen molar-refractivity contribution in [3.05, 3.63) is 35.8 Å². The molecule has 1 aliphatic rings. The summed E-state index contributed by atoms with van der Waals surface area (Å²) in [6, 6.07) is 6.15. The van der Waals surface area contributed by atoms with Crippen molar-refractivity contribution < 1.29 is 9.18 Å². The van der Waals surface area contributed by atoms with Crippen LogP contribution in [0, 0.1) is 11.7 Å². The molecule has 1 saturated heterocycles. The zero-order valence-corrected chi connectivity index (χ0v) is 11.2. The second-order valence-corrected chi connectivity index (χ2v) is 5.32. The van der Waals surface area contributed by atoms with Crippen molar-refractivity contribution in [1.82, 2.24) is 15.6 Å². The lowest BCUT2D eigenvalue weighted by Crippen LogP contribution is -2.36. The first kappa shape index (κ1) is 13.1. The molecule has 2 heterocycles. The summed E-state index contributed by atoms with van der Waals surface area (Å²) in [5.41, 5.74) is 1.26. The standard InChI is InChI=1S/C15H18FN3O/c16-12-1-2-13-11(7-12)8-14(19-13)15(20)18-9-10-3-5-17-6-4-10/h1-2,7-8,10,17,19H,3-6,9H2,(H,18,20). The molecule has 4 nitrogen and oxygen atoms in total. The topological polar surface area (TPSA) is 56.9 Å². The number of H-pyrrole nitrogens is 1. The maximum Gasteiger partial charge on any atom is 0.267 e. The molecule has 1 fully saturated rings. The van der Waals surface area contributed by atoms with Crippen molar-refractivity contribution in [2.75, 3.05) is 19.6 Å². The number of nitrogens with one attached hydrogen (secondary N) is 3. The summed E-state index contributed by atoms with van der Waals surface area (Å²) >= 11 is 0. The summed E-state index contributed by atoms with van der Waals surface area (Å²) in [4.78, 5) is 15.1. The highest BCUT2D eigenvalue weighted by Crippen LogP contribution is 2.17. The van der Waals surface area contributed by atoms with Gasteiger partial charge in [0, 0.05) is 17.4 Å². The average Bonchev–Trinajstić information content (AvgIpc) is 2.89. The molecule has 5 heteroatoms. The second kappa shape index (κ2) is 5.63. The molecule has 0 atom stereocenters. The maximum absolute atomic E-state index is 13.1. The normalized spacial score (nSPS) is 16.4. The van der Waals surface area contributed by atoms with Crippen LogP contribution in [0.5, 0.6) is 0 Å². The first-order valence-corrected chi connectivity index (χ1v) is 6.99. The van der Waals surface area contributed by atoms with Crippen LogP contribution in [0.15, 0.2) is 24.3 Å². The Hall–Kier alpha value is -1.88. The molecule has 0 unspecified atom stereocenters. The van der Waals surface area contributed by atoms with E-state index in [0.29, 0.717) is 18.2 Å². The Morgan fingerprint density at radius 3 is 2.90 bits per heavy atom. The Bertz CT molecular complexity index is 617. The Morgan fingerprint density at radius 1 is 1.30 bits per heavy atom. The number of aromatic nitrogens is 1. The predicted molar refractivity (Wildman–Crippen MR) is 76.2 cm³/mol. The van der Waals surface area contributed by atoms with Crippen LogP contribution in [0.4, 0.5) is 4.39 Å². The highest BCUT2D eigenvalue weighted by atomic mass is 19.1. The van der Waals surface area contributed by atoms with Crippen molar-refractivity contribution in [2.24, 2.45) is 5.92 Å². The quantitative estimate of drug-likeness (QED) is 0.803. The molecule has 3 rings (SSSR count). The van der Waals surface area contributed by atoms with Crippen LogP contribution in [-0.4, -0.2) is 30.5 Å². The van der Waals surface area contributed by atoms with Gasteiger partial charge in [0.05, 0.1) is 0 Å². The highest BCUT2D eigenvalue weighted by Gasteiger charge is 2.15. The number of carbonyl (C=O) groups excluding carboxylic acids is 1. The van der Waals surface area contributed by atoms with Crippen LogP contribution >= 0.6 is 0 Å². The van der Waals surface area contributed by atoms with Crippen molar-refractivity contribution in [3.63, 3.8) is 0 Å². The third-order valence-electron chi connectivity index (χ3n) is 3.84. The zero-order valence-electron chi connectivity index (χ0n) is 11.2. The van der Waals surface area contributed by atoms with E-state index < -0.39 is 0 Å². The molecule has 1 aromatic heterocycles. The number of benzene rings is 1. The van der Waals surface area contributed by atoms with Gasteiger partial charge in [-0.05, 0) is 56.1 Å². The van der Waals surface area contributed by atoms with E-state index in [1.54, 1.807) is 12.1 Å². The fourth-order valence-corrected chi connectivity index (χ4v) is 2.64. The Balaban J connectivity index is 1.65. The molecule has 2 aromatic rings.